The molecule has 2 aromatic rings. The number of hydrogen-bond donors (Lipinski definition) is 1. The molecule has 1 amide bonds. The molecule has 1 aliphatic heterocycles. The zero-order chi connectivity index (χ0) is 15.2. The van der Waals surface area contributed by atoms with E-state index in [1.807, 2.05) is 0 Å². The number of fused-ring (bicyclic) bond motifs is 1. The molecule has 0 aromatic heterocycles. The van der Waals surface area contributed by atoms with Crippen LogP contribution >= 0.6 is 15.9 Å². The number of benzene rings is 2. The lowest BCUT2D eigenvalue weighted by Crippen LogP contribution is -2.29. The van der Waals surface area contributed by atoms with E-state index in [0.29, 0.717) is 11.3 Å². The Morgan fingerprint density at radius 3 is 2.52 bits per heavy atom. The Hall–Kier alpha value is -1.86. The molecule has 108 valence electrons. The Morgan fingerprint density at radius 2 is 1.86 bits per heavy atom. The Morgan fingerprint density at radius 1 is 1.14 bits per heavy atom. The van der Waals surface area contributed by atoms with E-state index in [1.165, 1.54) is 12.1 Å². The third-order valence-corrected chi connectivity index (χ3v) is 5.46. The van der Waals surface area contributed by atoms with Crippen molar-refractivity contribution >= 4 is 37.5 Å². The number of nitrogens with two attached hydrogens (primary N) is 1. The minimum atomic E-state index is -3.79. The number of carbonyl (C=O) groups is 1. The Labute approximate surface area is 130 Å². The lowest BCUT2D eigenvalue weighted by atomic mass is 10.2. The molecule has 0 saturated heterocycles. The van der Waals surface area contributed by atoms with E-state index < -0.39 is 15.9 Å². The third-order valence-electron chi connectivity index (χ3n) is 3.22. The molecular weight excluding hydrogens is 356 g/mol. The zero-order valence-electron chi connectivity index (χ0n) is 10.8. The summed E-state index contributed by atoms with van der Waals surface area (Å²) < 4.78 is 26.5. The average molecular weight is 367 g/mol. The van der Waals surface area contributed by atoms with Crippen LogP contribution in [-0.2, 0) is 16.6 Å². The lowest BCUT2D eigenvalue weighted by Gasteiger charge is -2.15. The summed E-state index contributed by atoms with van der Waals surface area (Å²) in [7, 11) is -3.79. The van der Waals surface area contributed by atoms with Crippen LogP contribution in [0.15, 0.2) is 51.8 Å². The van der Waals surface area contributed by atoms with Gasteiger partial charge in [0.25, 0.3) is 15.9 Å². The first-order chi connectivity index (χ1) is 9.89. The van der Waals surface area contributed by atoms with E-state index in [2.05, 4.69) is 15.9 Å². The highest BCUT2D eigenvalue weighted by Gasteiger charge is 2.40. The number of rotatable bonds is 2. The monoisotopic (exact) mass is 366 g/mol. The molecule has 0 bridgehead atoms. The number of nitrogens with zero attached hydrogens (tertiary/aromatic N) is 1. The summed E-state index contributed by atoms with van der Waals surface area (Å²) >= 11 is 3.30. The van der Waals surface area contributed by atoms with Gasteiger partial charge >= 0.3 is 0 Å². The topological polar surface area (TPSA) is 80.5 Å². The molecule has 7 heteroatoms. The number of sulfonamides is 1. The van der Waals surface area contributed by atoms with Crippen molar-refractivity contribution in [2.75, 3.05) is 5.73 Å². The minimum Gasteiger partial charge on any atom is -0.399 e. The number of carbonyl (C=O) groups excluding carboxylic acids is 1. The molecule has 1 aliphatic rings. The van der Waals surface area contributed by atoms with Crippen molar-refractivity contribution < 1.29 is 13.2 Å². The maximum atomic E-state index is 12.4. The predicted molar refractivity (Wildman–Crippen MR) is 82.1 cm³/mol. The van der Waals surface area contributed by atoms with Crippen LogP contribution in [0.4, 0.5) is 5.69 Å². The summed E-state index contributed by atoms with van der Waals surface area (Å²) in [4.78, 5) is 12.3. The summed E-state index contributed by atoms with van der Waals surface area (Å²) in [5.74, 6) is -0.510. The van der Waals surface area contributed by atoms with E-state index in [9.17, 15) is 13.2 Å². The second-order valence-electron chi connectivity index (χ2n) is 4.71. The molecule has 1 heterocycles. The molecule has 2 aromatic carbocycles. The van der Waals surface area contributed by atoms with Crippen LogP contribution in [0.1, 0.15) is 15.9 Å². The van der Waals surface area contributed by atoms with Gasteiger partial charge in [-0.25, -0.2) is 12.7 Å². The highest BCUT2D eigenvalue weighted by Crippen LogP contribution is 2.31. The highest BCUT2D eigenvalue weighted by atomic mass is 79.9. The third kappa shape index (κ3) is 2.32. The molecule has 0 saturated carbocycles. The first kappa shape index (κ1) is 14.1. The predicted octanol–water partition coefficient (Wildman–Crippen LogP) is 2.38. The molecule has 0 unspecified atom stereocenters. The fraction of sp³-hybridized carbons (Fsp3) is 0.0714. The van der Waals surface area contributed by atoms with Gasteiger partial charge in [-0.2, -0.15) is 0 Å². The van der Waals surface area contributed by atoms with Crippen molar-refractivity contribution in [1.82, 2.24) is 4.31 Å². The first-order valence-electron chi connectivity index (χ1n) is 6.10. The maximum absolute atomic E-state index is 12.4. The lowest BCUT2D eigenvalue weighted by molar-refractivity contribution is 0.0865. The SMILES string of the molecule is Nc1cc(Br)cc(CN2C(=O)c3ccccc3S2(=O)=O)c1. The Balaban J connectivity index is 2.03. The average Bonchev–Trinajstić information content (AvgIpc) is 2.60. The van der Waals surface area contributed by atoms with Gasteiger partial charge in [-0.1, -0.05) is 28.1 Å². The fourth-order valence-corrected chi connectivity index (χ4v) is 4.44. The molecule has 0 aliphatic carbocycles. The number of amides is 1. The molecule has 0 fully saturated rings. The summed E-state index contributed by atoms with van der Waals surface area (Å²) in [6, 6.07) is 11.3. The van der Waals surface area contributed by atoms with Gasteiger partial charge in [-0.15, -0.1) is 0 Å². The van der Waals surface area contributed by atoms with Crippen LogP contribution in [0.3, 0.4) is 0 Å². The van der Waals surface area contributed by atoms with Gasteiger partial charge in [0.1, 0.15) is 4.90 Å². The zero-order valence-corrected chi connectivity index (χ0v) is 13.2. The van der Waals surface area contributed by atoms with Crippen LogP contribution in [0, 0.1) is 0 Å². The molecule has 0 atom stereocenters. The number of anilines is 1. The second-order valence-corrected chi connectivity index (χ2v) is 7.45. The Bertz CT molecular complexity index is 829. The van der Waals surface area contributed by atoms with Crippen molar-refractivity contribution in [3.8, 4) is 0 Å². The van der Waals surface area contributed by atoms with Crippen molar-refractivity contribution in [2.24, 2.45) is 0 Å². The second kappa shape index (κ2) is 4.85. The molecule has 0 spiro atoms. The van der Waals surface area contributed by atoms with Crippen molar-refractivity contribution in [2.45, 2.75) is 11.4 Å². The molecule has 3 rings (SSSR count). The molecular formula is C14H11BrN2O3S. The number of halogens is 1. The van der Waals surface area contributed by atoms with E-state index in [1.54, 1.807) is 30.3 Å². The van der Waals surface area contributed by atoms with Crippen molar-refractivity contribution in [1.29, 1.82) is 0 Å². The van der Waals surface area contributed by atoms with Crippen LogP contribution in [-0.4, -0.2) is 18.6 Å². The largest absolute Gasteiger partial charge is 0.399 e. The van der Waals surface area contributed by atoms with Crippen molar-refractivity contribution in [3.05, 3.63) is 58.1 Å². The fourth-order valence-electron chi connectivity index (χ4n) is 2.32. The van der Waals surface area contributed by atoms with E-state index in [-0.39, 0.29) is 17.0 Å². The Kier molecular flexibility index (Phi) is 3.26. The quantitative estimate of drug-likeness (QED) is 0.827. The van der Waals surface area contributed by atoms with Crippen molar-refractivity contribution in [3.63, 3.8) is 0 Å². The smallest absolute Gasteiger partial charge is 0.269 e. The summed E-state index contributed by atoms with van der Waals surface area (Å²) in [5.41, 5.74) is 7.09. The van der Waals surface area contributed by atoms with Crippen LogP contribution in [0.25, 0.3) is 0 Å². The summed E-state index contributed by atoms with van der Waals surface area (Å²) in [5, 5.41) is 0. The van der Waals surface area contributed by atoms with Gasteiger partial charge in [-0.05, 0) is 35.9 Å². The highest BCUT2D eigenvalue weighted by molar-refractivity contribution is 9.10. The maximum Gasteiger partial charge on any atom is 0.269 e. The summed E-state index contributed by atoms with van der Waals surface area (Å²) in [6.07, 6.45) is 0. The summed E-state index contributed by atoms with van der Waals surface area (Å²) in [6.45, 7) is -0.0422. The standard InChI is InChI=1S/C14H11BrN2O3S/c15-10-5-9(6-11(16)7-10)8-17-14(18)12-3-1-2-4-13(12)21(17,19)20/h1-7H,8,16H2. The van der Waals surface area contributed by atoms with Crippen LogP contribution in [0.5, 0.6) is 0 Å². The van der Waals surface area contributed by atoms with E-state index in [4.69, 9.17) is 5.73 Å². The van der Waals surface area contributed by atoms with Gasteiger partial charge < -0.3 is 5.73 Å². The number of hydrogen-bond acceptors (Lipinski definition) is 4. The normalized spacial score (nSPS) is 16.0. The van der Waals surface area contributed by atoms with E-state index in [0.717, 1.165) is 8.78 Å². The molecule has 21 heavy (non-hydrogen) atoms. The molecule has 5 nitrogen and oxygen atoms in total. The van der Waals surface area contributed by atoms with E-state index >= 15 is 0 Å². The van der Waals surface area contributed by atoms with Gasteiger partial charge in [0.15, 0.2) is 0 Å². The van der Waals surface area contributed by atoms with Crippen LogP contribution in [0.2, 0.25) is 0 Å². The number of nitrogen functional groups attached to an aromatic ring is 1. The van der Waals surface area contributed by atoms with Crippen LogP contribution < -0.4 is 5.73 Å². The van der Waals surface area contributed by atoms with Gasteiger partial charge in [0.2, 0.25) is 0 Å². The first-order valence-corrected chi connectivity index (χ1v) is 8.34. The molecule has 0 radical (unpaired) electrons. The molecule has 2 N–H and O–H groups in total. The van der Waals surface area contributed by atoms with Gasteiger partial charge in [0, 0.05) is 10.2 Å². The van der Waals surface area contributed by atoms with Gasteiger partial charge in [-0.3, -0.25) is 4.79 Å². The minimum absolute atomic E-state index is 0.0422. The van der Waals surface area contributed by atoms with Gasteiger partial charge in [0.05, 0.1) is 12.1 Å².